The molecule has 4 rings (SSSR count). The van der Waals surface area contributed by atoms with Crippen LogP contribution in [0.3, 0.4) is 0 Å². The number of alkyl halides is 6. The normalized spacial score (nSPS) is 15.0. The van der Waals surface area contributed by atoms with E-state index in [9.17, 15) is 45.4 Å². The van der Waals surface area contributed by atoms with Crippen LogP contribution in [0, 0.1) is 12.7 Å². The predicted molar refractivity (Wildman–Crippen MR) is 134 cm³/mol. The summed E-state index contributed by atoms with van der Waals surface area (Å²) in [5, 5.41) is 17.8. The molecule has 2 heterocycles. The van der Waals surface area contributed by atoms with Crippen molar-refractivity contribution in [2.24, 2.45) is 0 Å². The van der Waals surface area contributed by atoms with Gasteiger partial charge in [-0.2, -0.15) is 26.3 Å². The zero-order chi connectivity index (χ0) is 30.9. The van der Waals surface area contributed by atoms with Crippen LogP contribution in [0.1, 0.15) is 27.2 Å². The second-order valence-electron chi connectivity index (χ2n) is 9.58. The van der Waals surface area contributed by atoms with Crippen molar-refractivity contribution in [1.82, 2.24) is 15.0 Å². The number of amides is 3. The first-order valence-corrected chi connectivity index (χ1v) is 12.4. The lowest BCUT2D eigenvalue weighted by Crippen LogP contribution is -2.53. The van der Waals surface area contributed by atoms with Crippen LogP contribution in [-0.2, 0) is 12.1 Å². The Hall–Kier alpha value is -4.18. The zero-order valence-corrected chi connectivity index (χ0v) is 21.8. The summed E-state index contributed by atoms with van der Waals surface area (Å²) in [6.45, 7) is 2.91. The Morgan fingerprint density at radius 1 is 0.929 bits per heavy atom. The molecule has 3 N–H and O–H groups in total. The molecule has 42 heavy (non-hydrogen) atoms. The van der Waals surface area contributed by atoms with Gasteiger partial charge in [-0.1, -0.05) is 29.4 Å². The Labute approximate surface area is 233 Å². The molecule has 0 unspecified atom stereocenters. The maximum atomic E-state index is 14.6. The quantitative estimate of drug-likeness (QED) is 0.341. The number of nitrogens with one attached hydrogen (secondary N) is 2. The highest BCUT2D eigenvalue weighted by molar-refractivity contribution is 6.00. The van der Waals surface area contributed by atoms with Crippen molar-refractivity contribution in [1.29, 1.82) is 0 Å². The molecule has 1 aliphatic rings. The molecule has 16 heteroatoms. The minimum absolute atomic E-state index is 0.0372. The number of aryl methyl sites for hydroxylation is 1. The summed E-state index contributed by atoms with van der Waals surface area (Å²) in [5.74, 6) is -1.26. The SMILES string of the molecule is Cc1cc(NC(=O)Nc2ccc(C(=O)N3CCN(Cc4ccc(C(O)(C(F)(F)F)C(F)(F)F)cc4)CC3)cc2F)on1. The van der Waals surface area contributed by atoms with Crippen molar-refractivity contribution in [2.45, 2.75) is 31.4 Å². The van der Waals surface area contributed by atoms with Gasteiger partial charge >= 0.3 is 18.4 Å². The number of carbonyl (C=O) groups is 2. The largest absolute Gasteiger partial charge is 0.430 e. The third-order valence-corrected chi connectivity index (χ3v) is 6.59. The number of benzene rings is 2. The molecule has 0 radical (unpaired) electrons. The molecule has 2 aromatic carbocycles. The summed E-state index contributed by atoms with van der Waals surface area (Å²) in [7, 11) is 0. The minimum atomic E-state index is -5.97. The number of carbonyl (C=O) groups excluding carboxylic acids is 2. The van der Waals surface area contributed by atoms with Crippen molar-refractivity contribution < 1.29 is 50.0 Å². The van der Waals surface area contributed by atoms with Crippen molar-refractivity contribution in [3.8, 4) is 0 Å². The van der Waals surface area contributed by atoms with Crippen molar-refractivity contribution in [3.05, 3.63) is 76.7 Å². The van der Waals surface area contributed by atoms with E-state index in [0.29, 0.717) is 36.5 Å². The average molecular weight is 603 g/mol. The van der Waals surface area contributed by atoms with Crippen LogP contribution in [0.15, 0.2) is 53.1 Å². The molecule has 0 spiro atoms. The fourth-order valence-electron chi connectivity index (χ4n) is 4.33. The molecule has 1 aliphatic heterocycles. The van der Waals surface area contributed by atoms with Gasteiger partial charge in [0.1, 0.15) is 5.82 Å². The molecule has 0 saturated carbocycles. The number of urea groups is 1. The molecule has 3 amide bonds. The summed E-state index contributed by atoms with van der Waals surface area (Å²) >= 11 is 0. The van der Waals surface area contributed by atoms with E-state index in [1.807, 2.05) is 4.90 Å². The van der Waals surface area contributed by atoms with Gasteiger partial charge in [-0.05, 0) is 30.7 Å². The predicted octanol–water partition coefficient (Wildman–Crippen LogP) is 5.04. The van der Waals surface area contributed by atoms with Crippen LogP contribution in [-0.4, -0.2) is 70.5 Å². The summed E-state index contributed by atoms with van der Waals surface area (Å²) in [5.41, 5.74) is -5.56. The molecule has 1 saturated heterocycles. The number of aromatic nitrogens is 1. The third-order valence-electron chi connectivity index (χ3n) is 6.59. The first-order valence-electron chi connectivity index (χ1n) is 12.4. The number of piperazine rings is 1. The average Bonchev–Trinajstić information content (AvgIpc) is 3.32. The minimum Gasteiger partial charge on any atom is -0.369 e. The van der Waals surface area contributed by atoms with E-state index in [0.717, 1.165) is 18.2 Å². The summed E-state index contributed by atoms with van der Waals surface area (Å²) < 4.78 is 98.0. The summed E-state index contributed by atoms with van der Waals surface area (Å²) in [4.78, 5) is 28.3. The van der Waals surface area contributed by atoms with E-state index in [-0.39, 0.29) is 36.8 Å². The van der Waals surface area contributed by atoms with Gasteiger partial charge in [-0.3, -0.25) is 15.0 Å². The van der Waals surface area contributed by atoms with Crippen molar-refractivity contribution >= 4 is 23.5 Å². The lowest BCUT2D eigenvalue weighted by molar-refractivity contribution is -0.376. The fourth-order valence-corrected chi connectivity index (χ4v) is 4.33. The zero-order valence-electron chi connectivity index (χ0n) is 21.8. The van der Waals surface area contributed by atoms with E-state index >= 15 is 0 Å². The lowest BCUT2D eigenvalue weighted by Gasteiger charge is -2.35. The number of nitrogens with zero attached hydrogens (tertiary/aromatic N) is 3. The van der Waals surface area contributed by atoms with E-state index in [1.54, 1.807) is 6.92 Å². The molecular weight excluding hydrogens is 579 g/mol. The summed E-state index contributed by atoms with van der Waals surface area (Å²) in [6.07, 6.45) is -11.9. The van der Waals surface area contributed by atoms with Gasteiger partial charge < -0.3 is 19.8 Å². The Balaban J connectivity index is 1.31. The number of hydrogen-bond acceptors (Lipinski definition) is 6. The van der Waals surface area contributed by atoms with Crippen molar-refractivity contribution in [2.75, 3.05) is 36.8 Å². The molecule has 0 aliphatic carbocycles. The molecular formula is C26H24F7N5O4. The molecule has 9 nitrogen and oxygen atoms in total. The van der Waals surface area contributed by atoms with Gasteiger partial charge in [-0.25, -0.2) is 9.18 Å². The number of rotatable bonds is 6. The Morgan fingerprint density at radius 3 is 2.07 bits per heavy atom. The van der Waals surface area contributed by atoms with Gasteiger partial charge in [0.05, 0.1) is 11.4 Å². The maximum Gasteiger partial charge on any atom is 0.430 e. The first-order chi connectivity index (χ1) is 19.6. The van der Waals surface area contributed by atoms with Gasteiger partial charge in [0.2, 0.25) is 5.88 Å². The molecule has 226 valence electrons. The van der Waals surface area contributed by atoms with Crippen LogP contribution in [0.4, 0.5) is 47.1 Å². The monoisotopic (exact) mass is 603 g/mol. The highest BCUT2D eigenvalue weighted by atomic mass is 19.4. The molecule has 3 aromatic rings. The number of aliphatic hydroxyl groups is 1. The van der Waals surface area contributed by atoms with Gasteiger partial charge in [0, 0.05) is 49.9 Å². The van der Waals surface area contributed by atoms with Gasteiger partial charge in [0.25, 0.3) is 11.5 Å². The van der Waals surface area contributed by atoms with Gasteiger partial charge in [-0.15, -0.1) is 0 Å². The molecule has 0 atom stereocenters. The second kappa shape index (κ2) is 11.6. The molecule has 0 bridgehead atoms. The first kappa shape index (κ1) is 30.8. The van der Waals surface area contributed by atoms with Crippen LogP contribution in [0.2, 0.25) is 0 Å². The van der Waals surface area contributed by atoms with Crippen molar-refractivity contribution in [3.63, 3.8) is 0 Å². The maximum absolute atomic E-state index is 14.6. The number of hydrogen-bond donors (Lipinski definition) is 3. The highest BCUT2D eigenvalue weighted by Gasteiger charge is 2.71. The van der Waals surface area contributed by atoms with Crippen LogP contribution >= 0.6 is 0 Å². The Bertz CT molecular complexity index is 1420. The second-order valence-corrected chi connectivity index (χ2v) is 9.58. The Morgan fingerprint density at radius 2 is 1.55 bits per heavy atom. The number of anilines is 2. The number of halogens is 7. The topological polar surface area (TPSA) is 111 Å². The fraction of sp³-hybridized carbons (Fsp3) is 0.346. The summed E-state index contributed by atoms with van der Waals surface area (Å²) in [6, 6.07) is 7.54. The van der Waals surface area contributed by atoms with Crippen LogP contribution < -0.4 is 10.6 Å². The lowest BCUT2D eigenvalue weighted by atomic mass is 9.91. The molecule has 1 aromatic heterocycles. The highest BCUT2D eigenvalue weighted by Crippen LogP contribution is 2.50. The third kappa shape index (κ3) is 6.49. The van der Waals surface area contributed by atoms with Crippen LogP contribution in [0.25, 0.3) is 0 Å². The van der Waals surface area contributed by atoms with E-state index in [4.69, 9.17) is 4.52 Å². The van der Waals surface area contributed by atoms with Crippen LogP contribution in [0.5, 0.6) is 0 Å². The Kier molecular flexibility index (Phi) is 8.50. The van der Waals surface area contributed by atoms with E-state index < -0.39 is 41.3 Å². The van der Waals surface area contributed by atoms with E-state index in [2.05, 4.69) is 15.8 Å². The molecule has 1 fully saturated rings. The standard InChI is InChI=1S/C26H24F7N5O4/c1-15-12-21(42-36-15)35-23(40)34-20-7-4-17(13-19(20)27)22(39)38-10-8-37(9-11-38)14-16-2-5-18(6-3-16)24(41,25(28,29)30)26(31,32)33/h2-7,12-13,41H,8-11,14H2,1H3,(H2,34,35,40). The van der Waals surface area contributed by atoms with Gasteiger partial charge in [0.15, 0.2) is 0 Å². The van der Waals surface area contributed by atoms with E-state index in [1.165, 1.54) is 23.1 Å². The smallest absolute Gasteiger partial charge is 0.369 e.